The van der Waals surface area contributed by atoms with Crippen LogP contribution in [0, 0.1) is 5.92 Å². The molecule has 14 heavy (non-hydrogen) atoms. The van der Waals surface area contributed by atoms with Crippen molar-refractivity contribution in [2.24, 2.45) is 11.7 Å². The lowest BCUT2D eigenvalue weighted by molar-refractivity contribution is 0.0483. The van der Waals surface area contributed by atoms with Crippen LogP contribution in [-0.2, 0) is 4.74 Å². The Hall–Kier alpha value is -0.930. The summed E-state index contributed by atoms with van der Waals surface area (Å²) in [5.41, 5.74) is 6.59. The van der Waals surface area contributed by atoms with Gasteiger partial charge < -0.3 is 10.5 Å². The van der Waals surface area contributed by atoms with E-state index in [2.05, 4.69) is 4.98 Å². The minimum absolute atomic E-state index is 0.0307. The molecule has 76 valence electrons. The number of rotatable bonds is 5. The molecular weight excluding hydrogens is 176 g/mol. The molecule has 0 saturated heterocycles. The van der Waals surface area contributed by atoms with Gasteiger partial charge in [-0.05, 0) is 30.9 Å². The van der Waals surface area contributed by atoms with Gasteiger partial charge in [0.15, 0.2) is 0 Å². The Bertz CT molecular complexity index is 272. The van der Waals surface area contributed by atoms with E-state index in [1.165, 1.54) is 12.8 Å². The highest BCUT2D eigenvalue weighted by atomic mass is 16.5. The van der Waals surface area contributed by atoms with Crippen LogP contribution in [0.15, 0.2) is 24.4 Å². The Morgan fingerprint density at radius 1 is 1.50 bits per heavy atom. The third-order valence-corrected chi connectivity index (χ3v) is 2.46. The van der Waals surface area contributed by atoms with E-state index in [1.807, 2.05) is 18.2 Å². The van der Waals surface area contributed by atoms with Crippen LogP contribution in [0.5, 0.6) is 0 Å². The van der Waals surface area contributed by atoms with Gasteiger partial charge >= 0.3 is 0 Å². The molecular formula is C11H16N2O. The molecule has 2 N–H and O–H groups in total. The van der Waals surface area contributed by atoms with Crippen LogP contribution in [0.2, 0.25) is 0 Å². The van der Waals surface area contributed by atoms with Crippen molar-refractivity contribution in [3.63, 3.8) is 0 Å². The SMILES string of the molecule is NCC(OCC1CC1)c1ccccn1. The van der Waals surface area contributed by atoms with E-state index in [9.17, 15) is 0 Å². The number of hydrogen-bond donors (Lipinski definition) is 1. The number of hydrogen-bond acceptors (Lipinski definition) is 3. The highest BCUT2D eigenvalue weighted by molar-refractivity contribution is 5.07. The normalized spacial score (nSPS) is 18.1. The molecule has 1 unspecified atom stereocenters. The first kappa shape index (κ1) is 9.62. The lowest BCUT2D eigenvalue weighted by Gasteiger charge is -2.14. The Labute approximate surface area is 84.3 Å². The number of nitrogens with zero attached hydrogens (tertiary/aromatic N) is 1. The fraction of sp³-hybridized carbons (Fsp3) is 0.545. The van der Waals surface area contributed by atoms with Gasteiger partial charge in [-0.2, -0.15) is 0 Å². The van der Waals surface area contributed by atoms with Crippen LogP contribution >= 0.6 is 0 Å². The second kappa shape index (κ2) is 4.53. The molecule has 1 fully saturated rings. The second-order valence-corrected chi connectivity index (χ2v) is 3.76. The van der Waals surface area contributed by atoms with Gasteiger partial charge in [0.25, 0.3) is 0 Å². The van der Waals surface area contributed by atoms with Crippen LogP contribution < -0.4 is 5.73 Å². The predicted molar refractivity (Wildman–Crippen MR) is 54.7 cm³/mol. The summed E-state index contributed by atoms with van der Waals surface area (Å²) < 4.78 is 5.71. The van der Waals surface area contributed by atoms with Crippen molar-refractivity contribution in [2.45, 2.75) is 18.9 Å². The molecule has 0 radical (unpaired) electrons. The fourth-order valence-electron chi connectivity index (χ4n) is 1.38. The summed E-state index contributed by atoms with van der Waals surface area (Å²) in [5.74, 6) is 0.771. The second-order valence-electron chi connectivity index (χ2n) is 3.76. The van der Waals surface area contributed by atoms with E-state index in [-0.39, 0.29) is 6.10 Å². The number of aromatic nitrogens is 1. The predicted octanol–water partition coefficient (Wildman–Crippen LogP) is 1.51. The molecule has 1 aliphatic carbocycles. The minimum Gasteiger partial charge on any atom is -0.370 e. The zero-order valence-corrected chi connectivity index (χ0v) is 8.23. The van der Waals surface area contributed by atoms with Crippen LogP contribution in [-0.4, -0.2) is 18.1 Å². The fourth-order valence-corrected chi connectivity index (χ4v) is 1.38. The molecule has 0 aromatic carbocycles. The van der Waals surface area contributed by atoms with Gasteiger partial charge in [0.05, 0.1) is 12.3 Å². The first-order chi connectivity index (χ1) is 6.90. The molecule has 1 atom stereocenters. The smallest absolute Gasteiger partial charge is 0.112 e. The maximum absolute atomic E-state index is 5.71. The zero-order chi connectivity index (χ0) is 9.80. The molecule has 0 spiro atoms. The summed E-state index contributed by atoms with van der Waals surface area (Å²) >= 11 is 0. The van der Waals surface area contributed by atoms with Gasteiger partial charge in [-0.1, -0.05) is 6.07 Å². The van der Waals surface area contributed by atoms with E-state index in [4.69, 9.17) is 10.5 Å². The van der Waals surface area contributed by atoms with Gasteiger partial charge in [-0.25, -0.2) is 0 Å². The summed E-state index contributed by atoms with van der Waals surface area (Å²) in [6.07, 6.45) is 4.36. The first-order valence-electron chi connectivity index (χ1n) is 5.12. The van der Waals surface area contributed by atoms with Crippen LogP contribution in [0.4, 0.5) is 0 Å². The molecule has 1 aliphatic rings. The summed E-state index contributed by atoms with van der Waals surface area (Å²) in [6.45, 7) is 1.34. The minimum atomic E-state index is -0.0307. The standard InChI is InChI=1S/C11H16N2O/c12-7-11(14-8-9-4-5-9)10-3-1-2-6-13-10/h1-3,6,9,11H,4-5,7-8,12H2. The molecule has 0 bridgehead atoms. The average molecular weight is 192 g/mol. The third-order valence-electron chi connectivity index (χ3n) is 2.46. The first-order valence-corrected chi connectivity index (χ1v) is 5.12. The van der Waals surface area contributed by atoms with Gasteiger partial charge in [0.1, 0.15) is 6.10 Å². The van der Waals surface area contributed by atoms with E-state index in [0.717, 1.165) is 18.2 Å². The molecule has 1 heterocycles. The van der Waals surface area contributed by atoms with Crippen molar-refractivity contribution < 1.29 is 4.74 Å². The highest BCUT2D eigenvalue weighted by Crippen LogP contribution is 2.30. The van der Waals surface area contributed by atoms with Crippen LogP contribution in [0.1, 0.15) is 24.6 Å². The van der Waals surface area contributed by atoms with E-state index < -0.39 is 0 Å². The number of pyridine rings is 1. The van der Waals surface area contributed by atoms with Gasteiger partial charge in [0, 0.05) is 12.7 Å². The van der Waals surface area contributed by atoms with E-state index >= 15 is 0 Å². The maximum Gasteiger partial charge on any atom is 0.112 e. The molecule has 1 saturated carbocycles. The molecule has 0 aliphatic heterocycles. The Balaban J connectivity index is 1.90. The topological polar surface area (TPSA) is 48.1 Å². The van der Waals surface area contributed by atoms with Crippen molar-refractivity contribution in [2.75, 3.05) is 13.2 Å². The molecule has 1 aromatic heterocycles. The number of nitrogens with two attached hydrogens (primary N) is 1. The van der Waals surface area contributed by atoms with Crippen molar-refractivity contribution in [1.29, 1.82) is 0 Å². The maximum atomic E-state index is 5.71. The summed E-state index contributed by atoms with van der Waals surface area (Å²) in [4.78, 5) is 4.24. The summed E-state index contributed by atoms with van der Waals surface area (Å²) in [6, 6.07) is 5.83. The largest absolute Gasteiger partial charge is 0.370 e. The Kier molecular flexibility index (Phi) is 3.11. The van der Waals surface area contributed by atoms with Crippen molar-refractivity contribution >= 4 is 0 Å². The van der Waals surface area contributed by atoms with Gasteiger partial charge in [-0.15, -0.1) is 0 Å². The number of ether oxygens (including phenoxy) is 1. The molecule has 2 rings (SSSR count). The quantitative estimate of drug-likeness (QED) is 0.769. The van der Waals surface area contributed by atoms with Crippen molar-refractivity contribution in [3.05, 3.63) is 30.1 Å². The van der Waals surface area contributed by atoms with E-state index in [0.29, 0.717) is 6.54 Å². The van der Waals surface area contributed by atoms with Gasteiger partial charge in [-0.3, -0.25) is 4.98 Å². The van der Waals surface area contributed by atoms with Crippen LogP contribution in [0.25, 0.3) is 0 Å². The van der Waals surface area contributed by atoms with Gasteiger partial charge in [0.2, 0.25) is 0 Å². The third kappa shape index (κ3) is 2.53. The van der Waals surface area contributed by atoms with Crippen LogP contribution in [0.3, 0.4) is 0 Å². The molecule has 0 amide bonds. The summed E-state index contributed by atoms with van der Waals surface area (Å²) in [5, 5.41) is 0. The lowest BCUT2D eigenvalue weighted by Crippen LogP contribution is -2.18. The molecule has 1 aromatic rings. The molecule has 3 heteroatoms. The summed E-state index contributed by atoms with van der Waals surface area (Å²) in [7, 11) is 0. The van der Waals surface area contributed by atoms with Crippen molar-refractivity contribution in [3.8, 4) is 0 Å². The highest BCUT2D eigenvalue weighted by Gasteiger charge is 2.23. The van der Waals surface area contributed by atoms with Crippen molar-refractivity contribution in [1.82, 2.24) is 4.98 Å². The lowest BCUT2D eigenvalue weighted by atomic mass is 10.2. The Morgan fingerprint density at radius 3 is 2.93 bits per heavy atom. The molecule has 3 nitrogen and oxygen atoms in total. The average Bonchev–Trinajstić information content (AvgIpc) is 3.04. The monoisotopic (exact) mass is 192 g/mol. The van der Waals surface area contributed by atoms with E-state index in [1.54, 1.807) is 6.20 Å². The Morgan fingerprint density at radius 2 is 2.36 bits per heavy atom. The zero-order valence-electron chi connectivity index (χ0n) is 8.23.